The third kappa shape index (κ3) is 2.43. The van der Waals surface area contributed by atoms with Gasteiger partial charge in [0.05, 0.1) is 13.1 Å². The minimum absolute atomic E-state index is 0.0585. The van der Waals surface area contributed by atoms with Crippen molar-refractivity contribution < 1.29 is 9.18 Å². The molecular formula is C12H13BrFNO. The van der Waals surface area contributed by atoms with Crippen molar-refractivity contribution in [1.82, 2.24) is 4.90 Å². The molecule has 1 saturated heterocycles. The van der Waals surface area contributed by atoms with E-state index in [9.17, 15) is 9.18 Å². The average molecular weight is 286 g/mol. The molecule has 1 aliphatic rings. The Morgan fingerprint density at radius 1 is 1.44 bits per heavy atom. The molecule has 0 spiro atoms. The summed E-state index contributed by atoms with van der Waals surface area (Å²) in [6, 6.07) is 7.67. The van der Waals surface area contributed by atoms with Crippen LogP contribution in [0, 0.1) is 5.92 Å². The zero-order valence-corrected chi connectivity index (χ0v) is 10.4. The van der Waals surface area contributed by atoms with Crippen molar-refractivity contribution in [3.63, 3.8) is 0 Å². The number of rotatable bonds is 3. The first-order valence-electron chi connectivity index (χ1n) is 5.28. The summed E-state index contributed by atoms with van der Waals surface area (Å²) in [5.74, 6) is 0.139. The lowest BCUT2D eigenvalue weighted by Crippen LogP contribution is -2.51. The lowest BCUT2D eigenvalue weighted by atomic mass is 10.0. The topological polar surface area (TPSA) is 20.3 Å². The monoisotopic (exact) mass is 285 g/mol. The Bertz CT molecular complexity index is 390. The van der Waals surface area contributed by atoms with Crippen LogP contribution < -0.4 is 0 Å². The second-order valence-electron chi connectivity index (χ2n) is 4.09. The summed E-state index contributed by atoms with van der Waals surface area (Å²) in [7, 11) is 0. The molecular weight excluding hydrogens is 273 g/mol. The van der Waals surface area contributed by atoms with E-state index in [0.717, 1.165) is 10.0 Å². The van der Waals surface area contributed by atoms with Crippen LogP contribution in [0.4, 0.5) is 4.39 Å². The van der Waals surface area contributed by atoms with E-state index in [4.69, 9.17) is 0 Å². The molecule has 16 heavy (non-hydrogen) atoms. The number of carbonyl (C=O) groups excluding carboxylic acids is 1. The van der Waals surface area contributed by atoms with Crippen molar-refractivity contribution in [1.29, 1.82) is 0 Å². The summed E-state index contributed by atoms with van der Waals surface area (Å²) in [6.07, 6.45) is 0.389. The molecule has 0 radical (unpaired) electrons. The fourth-order valence-corrected chi connectivity index (χ4v) is 2.21. The van der Waals surface area contributed by atoms with Gasteiger partial charge in [-0.05, 0) is 11.6 Å². The van der Waals surface area contributed by atoms with Gasteiger partial charge < -0.3 is 4.90 Å². The van der Waals surface area contributed by atoms with Crippen LogP contribution in [0.2, 0.25) is 0 Å². The smallest absolute Gasteiger partial charge is 0.227 e. The van der Waals surface area contributed by atoms with Crippen LogP contribution in [0.1, 0.15) is 5.56 Å². The van der Waals surface area contributed by atoms with Gasteiger partial charge in [0.15, 0.2) is 0 Å². The summed E-state index contributed by atoms with van der Waals surface area (Å²) in [6.45, 7) is 0.818. The normalized spacial score (nSPS) is 16.0. The predicted octanol–water partition coefficient (Wildman–Crippen LogP) is 2.42. The third-order valence-corrected chi connectivity index (χ3v) is 3.60. The van der Waals surface area contributed by atoms with Crippen molar-refractivity contribution >= 4 is 21.8 Å². The van der Waals surface area contributed by atoms with Gasteiger partial charge >= 0.3 is 0 Å². The second kappa shape index (κ2) is 4.95. The fourth-order valence-electron chi connectivity index (χ4n) is 1.79. The molecule has 86 valence electrons. The predicted molar refractivity (Wildman–Crippen MR) is 63.9 cm³/mol. The maximum atomic E-state index is 12.2. The van der Waals surface area contributed by atoms with Crippen molar-refractivity contribution in [2.45, 2.75) is 6.42 Å². The molecule has 0 bridgehead atoms. The van der Waals surface area contributed by atoms with Crippen molar-refractivity contribution in [3.8, 4) is 0 Å². The molecule has 1 amide bonds. The molecule has 2 rings (SSSR count). The lowest BCUT2D eigenvalue weighted by Gasteiger charge is -2.37. The van der Waals surface area contributed by atoms with E-state index in [1.807, 2.05) is 24.3 Å². The largest absolute Gasteiger partial charge is 0.342 e. The summed E-state index contributed by atoms with van der Waals surface area (Å²) in [5.41, 5.74) is 0.983. The molecule has 0 saturated carbocycles. The molecule has 1 aromatic carbocycles. The molecule has 1 aromatic rings. The van der Waals surface area contributed by atoms with Crippen LogP contribution in [0.25, 0.3) is 0 Å². The first-order chi connectivity index (χ1) is 7.70. The standard InChI is InChI=1S/C12H13BrFNO/c13-11-4-2-1-3-10(11)5-12(16)15-7-9(6-14)8-15/h1-4,9H,5-8H2. The Labute approximate surface area is 103 Å². The van der Waals surface area contributed by atoms with Gasteiger partial charge in [-0.25, -0.2) is 0 Å². The molecule has 2 nitrogen and oxygen atoms in total. The number of alkyl halides is 1. The number of nitrogens with zero attached hydrogens (tertiary/aromatic N) is 1. The summed E-state index contributed by atoms with van der Waals surface area (Å²) < 4.78 is 13.2. The first-order valence-corrected chi connectivity index (χ1v) is 6.07. The highest BCUT2D eigenvalue weighted by Gasteiger charge is 2.30. The summed E-state index contributed by atoms with van der Waals surface area (Å²) in [5, 5.41) is 0. The van der Waals surface area contributed by atoms with Gasteiger partial charge in [-0.3, -0.25) is 9.18 Å². The van der Waals surface area contributed by atoms with Gasteiger partial charge in [-0.15, -0.1) is 0 Å². The zero-order chi connectivity index (χ0) is 11.5. The number of halogens is 2. The molecule has 1 fully saturated rings. The van der Waals surface area contributed by atoms with Crippen LogP contribution in [0.5, 0.6) is 0 Å². The molecule has 4 heteroatoms. The van der Waals surface area contributed by atoms with Crippen LogP contribution >= 0.6 is 15.9 Å². The van der Waals surface area contributed by atoms with Gasteiger partial charge in [-0.2, -0.15) is 0 Å². The van der Waals surface area contributed by atoms with Crippen LogP contribution in [0.15, 0.2) is 28.7 Å². The maximum Gasteiger partial charge on any atom is 0.227 e. The lowest BCUT2D eigenvalue weighted by molar-refractivity contribution is -0.137. The van der Waals surface area contributed by atoms with E-state index >= 15 is 0 Å². The molecule has 0 aromatic heterocycles. The number of amides is 1. The van der Waals surface area contributed by atoms with Crippen LogP contribution in [-0.4, -0.2) is 30.6 Å². The van der Waals surface area contributed by atoms with Crippen molar-refractivity contribution in [3.05, 3.63) is 34.3 Å². The molecule has 0 aliphatic carbocycles. The van der Waals surface area contributed by atoms with Crippen molar-refractivity contribution in [2.24, 2.45) is 5.92 Å². The Morgan fingerprint density at radius 2 is 2.12 bits per heavy atom. The summed E-state index contributed by atoms with van der Waals surface area (Å²) in [4.78, 5) is 13.5. The Hall–Kier alpha value is -0.900. The summed E-state index contributed by atoms with van der Waals surface area (Å²) >= 11 is 3.41. The van der Waals surface area contributed by atoms with Gasteiger partial charge in [0, 0.05) is 23.5 Å². The highest BCUT2D eigenvalue weighted by atomic mass is 79.9. The quantitative estimate of drug-likeness (QED) is 0.835. The minimum atomic E-state index is -0.321. The van der Waals surface area contributed by atoms with E-state index in [1.54, 1.807) is 4.90 Å². The van der Waals surface area contributed by atoms with Gasteiger partial charge in [0.2, 0.25) is 5.91 Å². The molecule has 0 N–H and O–H groups in total. The van der Waals surface area contributed by atoms with E-state index in [2.05, 4.69) is 15.9 Å². The van der Waals surface area contributed by atoms with Gasteiger partial charge in [-0.1, -0.05) is 34.1 Å². The number of hydrogen-bond donors (Lipinski definition) is 0. The van der Waals surface area contributed by atoms with Gasteiger partial charge in [0.1, 0.15) is 0 Å². The number of likely N-dealkylation sites (tertiary alicyclic amines) is 1. The Morgan fingerprint density at radius 3 is 2.75 bits per heavy atom. The molecule has 1 aliphatic heterocycles. The fraction of sp³-hybridized carbons (Fsp3) is 0.417. The zero-order valence-electron chi connectivity index (χ0n) is 8.83. The average Bonchev–Trinajstić information content (AvgIpc) is 2.20. The Kier molecular flexibility index (Phi) is 3.59. The van der Waals surface area contributed by atoms with Crippen molar-refractivity contribution in [2.75, 3.05) is 19.8 Å². The number of benzene rings is 1. The van der Waals surface area contributed by atoms with Gasteiger partial charge in [0.25, 0.3) is 0 Å². The van der Waals surface area contributed by atoms with Crippen LogP contribution in [0.3, 0.4) is 0 Å². The molecule has 0 atom stereocenters. The van der Waals surface area contributed by atoms with E-state index < -0.39 is 0 Å². The number of carbonyl (C=O) groups is 1. The van der Waals surface area contributed by atoms with Crippen LogP contribution in [-0.2, 0) is 11.2 Å². The minimum Gasteiger partial charge on any atom is -0.342 e. The second-order valence-corrected chi connectivity index (χ2v) is 4.94. The molecule has 1 heterocycles. The number of hydrogen-bond acceptors (Lipinski definition) is 1. The highest BCUT2D eigenvalue weighted by molar-refractivity contribution is 9.10. The Balaban J connectivity index is 1.91. The van der Waals surface area contributed by atoms with E-state index in [1.165, 1.54) is 0 Å². The SMILES string of the molecule is O=C(Cc1ccccc1Br)N1CC(CF)C1. The molecule has 0 unspecified atom stereocenters. The first kappa shape index (κ1) is 11.6. The van der Waals surface area contributed by atoms with E-state index in [0.29, 0.717) is 19.5 Å². The van der Waals surface area contributed by atoms with E-state index in [-0.39, 0.29) is 18.5 Å². The highest BCUT2D eigenvalue weighted by Crippen LogP contribution is 2.20. The maximum absolute atomic E-state index is 12.2. The third-order valence-electron chi connectivity index (χ3n) is 2.83.